The third-order valence-corrected chi connectivity index (χ3v) is 3.41. The topological polar surface area (TPSA) is 44.4 Å². The molecule has 0 aromatic heterocycles. The Bertz CT molecular complexity index is 571. The Kier molecular flexibility index (Phi) is 3.65. The van der Waals surface area contributed by atoms with Gasteiger partial charge in [-0.05, 0) is 24.1 Å². The number of rotatable bonds is 3. The number of hydrogen-bond donors (Lipinski definition) is 2. The van der Waals surface area contributed by atoms with Crippen LogP contribution in [0.2, 0.25) is 0 Å². The summed E-state index contributed by atoms with van der Waals surface area (Å²) < 4.78 is 0. The number of nitrogens with zero attached hydrogens (tertiary/aromatic N) is 1. The van der Waals surface area contributed by atoms with Gasteiger partial charge in [-0.3, -0.25) is 20.5 Å². The van der Waals surface area contributed by atoms with Gasteiger partial charge in [0.25, 0.3) is 5.91 Å². The van der Waals surface area contributed by atoms with Crippen molar-refractivity contribution in [1.82, 2.24) is 10.7 Å². The molecule has 2 aromatic carbocycles. The molecule has 0 bridgehead atoms. The molecule has 4 heteroatoms. The molecule has 0 aliphatic carbocycles. The van der Waals surface area contributed by atoms with Crippen molar-refractivity contribution in [2.75, 3.05) is 11.7 Å². The lowest BCUT2D eigenvalue weighted by molar-refractivity contribution is -0.124. The van der Waals surface area contributed by atoms with Crippen molar-refractivity contribution in [2.45, 2.75) is 12.5 Å². The summed E-state index contributed by atoms with van der Waals surface area (Å²) in [5, 5.41) is 5.10. The summed E-state index contributed by atoms with van der Waals surface area (Å²) in [6.45, 7) is 0.604. The van der Waals surface area contributed by atoms with Crippen LogP contribution < -0.4 is 15.8 Å². The summed E-state index contributed by atoms with van der Waals surface area (Å²) in [7, 11) is 0. The zero-order valence-electron chi connectivity index (χ0n) is 11.1. The number of hydrogen-bond acceptors (Lipinski definition) is 3. The third kappa shape index (κ3) is 2.81. The van der Waals surface area contributed by atoms with Crippen molar-refractivity contribution in [2.24, 2.45) is 0 Å². The predicted octanol–water partition coefficient (Wildman–Crippen LogP) is 1.70. The first-order chi connectivity index (χ1) is 9.83. The molecule has 2 aromatic rings. The average molecular weight is 267 g/mol. The lowest BCUT2D eigenvalue weighted by Gasteiger charge is -2.34. The Labute approximate surface area is 118 Å². The predicted molar refractivity (Wildman–Crippen MR) is 79.0 cm³/mol. The van der Waals surface area contributed by atoms with E-state index in [1.54, 1.807) is 0 Å². The fourth-order valence-electron chi connectivity index (χ4n) is 2.32. The molecule has 0 saturated carbocycles. The number of carbonyl (C=O) groups is 1. The molecule has 2 N–H and O–H groups in total. The van der Waals surface area contributed by atoms with Gasteiger partial charge < -0.3 is 0 Å². The highest BCUT2D eigenvalue weighted by Gasteiger charge is 2.26. The van der Waals surface area contributed by atoms with Crippen LogP contribution in [-0.2, 0) is 11.2 Å². The number of nitrogens with one attached hydrogen (secondary N) is 2. The molecule has 1 aliphatic rings. The van der Waals surface area contributed by atoms with Crippen LogP contribution in [0.15, 0.2) is 60.7 Å². The van der Waals surface area contributed by atoms with Gasteiger partial charge in [-0.25, -0.2) is 0 Å². The minimum Gasteiger partial charge on any atom is -0.287 e. The molecule has 1 fully saturated rings. The van der Waals surface area contributed by atoms with E-state index in [4.69, 9.17) is 0 Å². The van der Waals surface area contributed by atoms with Crippen LogP contribution in [0.3, 0.4) is 0 Å². The van der Waals surface area contributed by atoms with Crippen LogP contribution in [-0.4, -0.2) is 18.6 Å². The van der Waals surface area contributed by atoms with Crippen LogP contribution in [0.1, 0.15) is 5.56 Å². The number of benzene rings is 2. The molecule has 3 rings (SSSR count). The second-order valence-electron chi connectivity index (χ2n) is 4.84. The number of anilines is 1. The summed E-state index contributed by atoms with van der Waals surface area (Å²) >= 11 is 0. The van der Waals surface area contributed by atoms with E-state index in [2.05, 4.69) is 10.7 Å². The van der Waals surface area contributed by atoms with Crippen molar-refractivity contribution in [3.05, 3.63) is 66.2 Å². The van der Waals surface area contributed by atoms with Gasteiger partial charge in [0.05, 0.1) is 18.4 Å². The van der Waals surface area contributed by atoms with Gasteiger partial charge in [0.1, 0.15) is 0 Å². The first-order valence-corrected chi connectivity index (χ1v) is 6.73. The van der Waals surface area contributed by atoms with Gasteiger partial charge in [-0.2, -0.15) is 0 Å². The van der Waals surface area contributed by atoms with Crippen LogP contribution in [0.5, 0.6) is 0 Å². The average Bonchev–Trinajstić information content (AvgIpc) is 2.51. The number of carbonyl (C=O) groups excluding carboxylic acids is 1. The normalized spacial score (nSPS) is 18.7. The molecule has 1 heterocycles. The van der Waals surface area contributed by atoms with E-state index in [9.17, 15) is 4.79 Å². The van der Waals surface area contributed by atoms with Crippen LogP contribution in [0, 0.1) is 0 Å². The Morgan fingerprint density at radius 1 is 1.00 bits per heavy atom. The standard InChI is InChI=1S/C16H17N3O/c20-16-15(11-13-7-3-1-4-8-13)17-12-19(18-16)14-9-5-2-6-10-14/h1-10,15,17H,11-12H2,(H,18,20)/t15-/m0/s1. The molecule has 1 aliphatic heterocycles. The van der Waals surface area contributed by atoms with Crippen LogP contribution in [0.25, 0.3) is 0 Å². The number of para-hydroxylation sites is 1. The molecule has 102 valence electrons. The summed E-state index contributed by atoms with van der Waals surface area (Å²) in [6, 6.07) is 19.7. The molecule has 4 nitrogen and oxygen atoms in total. The monoisotopic (exact) mass is 267 g/mol. The van der Waals surface area contributed by atoms with Gasteiger partial charge >= 0.3 is 0 Å². The maximum Gasteiger partial charge on any atom is 0.256 e. The van der Waals surface area contributed by atoms with Crippen molar-refractivity contribution >= 4 is 11.6 Å². The second kappa shape index (κ2) is 5.75. The fourth-order valence-corrected chi connectivity index (χ4v) is 2.32. The molecule has 1 atom stereocenters. The van der Waals surface area contributed by atoms with E-state index in [-0.39, 0.29) is 11.9 Å². The maximum atomic E-state index is 12.2. The molecule has 0 radical (unpaired) electrons. The number of amides is 1. The largest absolute Gasteiger partial charge is 0.287 e. The lowest BCUT2D eigenvalue weighted by Crippen LogP contribution is -2.62. The van der Waals surface area contributed by atoms with E-state index in [1.165, 1.54) is 0 Å². The Morgan fingerprint density at radius 3 is 2.30 bits per heavy atom. The lowest BCUT2D eigenvalue weighted by atomic mass is 10.1. The van der Waals surface area contributed by atoms with Crippen molar-refractivity contribution in [3.63, 3.8) is 0 Å². The summed E-state index contributed by atoms with van der Waals surface area (Å²) in [5.41, 5.74) is 5.07. The molecular formula is C16H17N3O. The summed E-state index contributed by atoms with van der Waals surface area (Å²) in [5.74, 6) is 0.00366. The Morgan fingerprint density at radius 2 is 1.65 bits per heavy atom. The quantitative estimate of drug-likeness (QED) is 0.889. The zero-order valence-corrected chi connectivity index (χ0v) is 11.1. The van der Waals surface area contributed by atoms with Gasteiger partial charge in [0.2, 0.25) is 0 Å². The Hall–Kier alpha value is -2.33. The van der Waals surface area contributed by atoms with Crippen molar-refractivity contribution < 1.29 is 4.79 Å². The highest BCUT2D eigenvalue weighted by Crippen LogP contribution is 2.13. The van der Waals surface area contributed by atoms with Gasteiger partial charge in [0.15, 0.2) is 0 Å². The van der Waals surface area contributed by atoms with Crippen LogP contribution >= 0.6 is 0 Å². The second-order valence-corrected chi connectivity index (χ2v) is 4.84. The molecule has 0 unspecified atom stereocenters. The highest BCUT2D eigenvalue weighted by molar-refractivity contribution is 5.84. The van der Waals surface area contributed by atoms with Crippen LogP contribution in [0.4, 0.5) is 5.69 Å². The van der Waals surface area contributed by atoms with Gasteiger partial charge in [-0.1, -0.05) is 48.5 Å². The molecule has 1 amide bonds. The molecule has 1 saturated heterocycles. The van der Waals surface area contributed by atoms with Gasteiger partial charge in [-0.15, -0.1) is 0 Å². The van der Waals surface area contributed by atoms with Crippen molar-refractivity contribution in [1.29, 1.82) is 0 Å². The minimum absolute atomic E-state index is 0.00366. The van der Waals surface area contributed by atoms with E-state index in [1.807, 2.05) is 65.7 Å². The van der Waals surface area contributed by atoms with E-state index < -0.39 is 0 Å². The zero-order chi connectivity index (χ0) is 13.8. The number of hydrazine groups is 1. The van der Waals surface area contributed by atoms with E-state index in [0.29, 0.717) is 13.1 Å². The van der Waals surface area contributed by atoms with E-state index >= 15 is 0 Å². The third-order valence-electron chi connectivity index (χ3n) is 3.41. The smallest absolute Gasteiger partial charge is 0.256 e. The van der Waals surface area contributed by atoms with Crippen molar-refractivity contribution in [3.8, 4) is 0 Å². The van der Waals surface area contributed by atoms with E-state index in [0.717, 1.165) is 11.3 Å². The fraction of sp³-hybridized carbons (Fsp3) is 0.188. The maximum absolute atomic E-state index is 12.2. The summed E-state index contributed by atoms with van der Waals surface area (Å²) in [6.07, 6.45) is 0.704. The minimum atomic E-state index is -0.183. The SMILES string of the molecule is O=C1NN(c2ccccc2)CN[C@H]1Cc1ccccc1. The molecular weight excluding hydrogens is 250 g/mol. The molecule has 20 heavy (non-hydrogen) atoms. The first kappa shape index (κ1) is 12.7. The van der Waals surface area contributed by atoms with Gasteiger partial charge in [0, 0.05) is 0 Å². The highest BCUT2D eigenvalue weighted by atomic mass is 16.2. The summed E-state index contributed by atoms with van der Waals surface area (Å²) in [4.78, 5) is 12.2. The Balaban J connectivity index is 1.64. The first-order valence-electron chi connectivity index (χ1n) is 6.73. The molecule has 0 spiro atoms.